The monoisotopic (exact) mass is 276 g/mol. The van der Waals surface area contributed by atoms with E-state index in [9.17, 15) is 13.2 Å². The van der Waals surface area contributed by atoms with E-state index in [0.717, 1.165) is 5.56 Å². The minimum atomic E-state index is -4.23. The zero-order valence-corrected chi connectivity index (χ0v) is 10.3. The van der Waals surface area contributed by atoms with Gasteiger partial charge in [0.05, 0.1) is 0 Å². The summed E-state index contributed by atoms with van der Waals surface area (Å²) < 4.78 is 37.7. The maximum atomic E-state index is 12.1. The van der Waals surface area contributed by atoms with E-state index < -0.39 is 5.51 Å². The summed E-state index contributed by atoms with van der Waals surface area (Å²) >= 11 is -0.0787. The van der Waals surface area contributed by atoms with Crippen LogP contribution >= 0.6 is 11.8 Å². The minimum absolute atomic E-state index is 0.0787. The molecule has 18 heavy (non-hydrogen) atoms. The molecule has 98 valence electrons. The van der Waals surface area contributed by atoms with Crippen LogP contribution in [0.1, 0.15) is 5.56 Å². The number of aryl methyl sites for hydroxylation is 2. The zero-order chi connectivity index (χ0) is 13.3. The second-order valence-corrected chi connectivity index (χ2v) is 4.88. The van der Waals surface area contributed by atoms with Gasteiger partial charge >= 0.3 is 5.51 Å². The summed E-state index contributed by atoms with van der Waals surface area (Å²) in [5, 5.41) is 0. The standard InChI is InChI=1S/C10H11F3N4S/c1-6-2-3-15-8-7(6)16-9(14)17(8)4-5-18-10(11,12)13/h2-3H,4-5H2,1H3,(H2,14,16). The van der Waals surface area contributed by atoms with Crippen LogP contribution in [0, 0.1) is 6.92 Å². The molecule has 2 aromatic rings. The number of nitrogens with zero attached hydrogens (tertiary/aromatic N) is 3. The molecule has 0 bridgehead atoms. The van der Waals surface area contributed by atoms with Gasteiger partial charge in [0.15, 0.2) is 5.65 Å². The van der Waals surface area contributed by atoms with E-state index in [1.165, 1.54) is 4.57 Å². The Balaban J connectivity index is 2.23. The molecule has 2 aromatic heterocycles. The lowest BCUT2D eigenvalue weighted by Crippen LogP contribution is -2.09. The van der Waals surface area contributed by atoms with E-state index in [1.54, 1.807) is 12.3 Å². The van der Waals surface area contributed by atoms with E-state index in [0.29, 0.717) is 11.2 Å². The predicted octanol–water partition coefficient (Wildman–Crippen LogP) is 2.57. The van der Waals surface area contributed by atoms with E-state index in [2.05, 4.69) is 9.97 Å². The number of halogens is 3. The van der Waals surface area contributed by atoms with Gasteiger partial charge in [-0.15, -0.1) is 0 Å². The van der Waals surface area contributed by atoms with Crippen LogP contribution in [0.2, 0.25) is 0 Å². The third-order valence-electron chi connectivity index (χ3n) is 2.45. The van der Waals surface area contributed by atoms with Gasteiger partial charge in [0.25, 0.3) is 0 Å². The SMILES string of the molecule is Cc1ccnc2c1nc(N)n2CCSC(F)(F)F. The quantitative estimate of drug-likeness (QED) is 0.936. The highest BCUT2D eigenvalue weighted by molar-refractivity contribution is 8.00. The summed E-state index contributed by atoms with van der Waals surface area (Å²) in [6, 6.07) is 1.78. The Hall–Kier alpha value is -1.44. The van der Waals surface area contributed by atoms with Gasteiger partial charge in [-0.25, -0.2) is 9.97 Å². The zero-order valence-electron chi connectivity index (χ0n) is 9.53. The van der Waals surface area contributed by atoms with Crippen LogP contribution in [-0.2, 0) is 6.54 Å². The predicted molar refractivity (Wildman–Crippen MR) is 65.2 cm³/mol. The van der Waals surface area contributed by atoms with Crippen LogP contribution in [-0.4, -0.2) is 25.8 Å². The summed E-state index contributed by atoms with van der Waals surface area (Å²) in [5.41, 5.74) is 3.52. The lowest BCUT2D eigenvalue weighted by molar-refractivity contribution is -0.0328. The van der Waals surface area contributed by atoms with Crippen molar-refractivity contribution in [2.24, 2.45) is 0 Å². The number of hydrogen-bond acceptors (Lipinski definition) is 4. The van der Waals surface area contributed by atoms with Crippen molar-refractivity contribution in [2.75, 3.05) is 11.5 Å². The molecule has 2 heterocycles. The first-order chi connectivity index (χ1) is 8.38. The molecule has 0 atom stereocenters. The normalized spacial score (nSPS) is 12.2. The molecule has 0 aliphatic carbocycles. The van der Waals surface area contributed by atoms with Gasteiger partial charge < -0.3 is 5.73 Å². The highest BCUT2D eigenvalue weighted by Gasteiger charge is 2.27. The number of nitrogen functional groups attached to an aromatic ring is 1. The maximum Gasteiger partial charge on any atom is 0.441 e. The fourth-order valence-corrected chi connectivity index (χ4v) is 2.13. The molecule has 0 amide bonds. The average Bonchev–Trinajstić information content (AvgIpc) is 2.56. The number of anilines is 1. The molecule has 0 aliphatic heterocycles. The Morgan fingerprint density at radius 2 is 2.17 bits per heavy atom. The number of thioether (sulfide) groups is 1. The van der Waals surface area contributed by atoms with Crippen LogP contribution in [0.5, 0.6) is 0 Å². The Kier molecular flexibility index (Phi) is 3.38. The number of imidazole rings is 1. The molecule has 0 saturated carbocycles. The van der Waals surface area contributed by atoms with Crippen molar-refractivity contribution >= 4 is 28.9 Å². The van der Waals surface area contributed by atoms with Crippen LogP contribution in [0.25, 0.3) is 11.2 Å². The Morgan fingerprint density at radius 3 is 2.83 bits per heavy atom. The molecule has 0 aromatic carbocycles. The second kappa shape index (κ2) is 4.68. The molecule has 0 unspecified atom stereocenters. The van der Waals surface area contributed by atoms with Gasteiger partial charge in [-0.2, -0.15) is 13.2 Å². The number of alkyl halides is 3. The summed E-state index contributed by atoms with van der Waals surface area (Å²) in [5.74, 6) is 0.0731. The number of pyridine rings is 1. The lowest BCUT2D eigenvalue weighted by Gasteiger charge is -2.07. The van der Waals surface area contributed by atoms with Crippen molar-refractivity contribution < 1.29 is 13.2 Å². The van der Waals surface area contributed by atoms with Crippen molar-refractivity contribution in [1.82, 2.24) is 14.5 Å². The summed E-state index contributed by atoms with van der Waals surface area (Å²) in [6.45, 7) is 1.98. The Bertz CT molecular complexity index is 564. The van der Waals surface area contributed by atoms with Gasteiger partial charge in [-0.1, -0.05) is 0 Å². The van der Waals surface area contributed by atoms with Crippen LogP contribution in [0.15, 0.2) is 12.3 Å². The fraction of sp³-hybridized carbons (Fsp3) is 0.400. The average molecular weight is 276 g/mol. The molecule has 4 nitrogen and oxygen atoms in total. The Labute approximate surface area is 105 Å². The summed E-state index contributed by atoms with van der Waals surface area (Å²) in [4.78, 5) is 8.22. The van der Waals surface area contributed by atoms with E-state index in [1.807, 2.05) is 6.92 Å². The number of fused-ring (bicyclic) bond motifs is 1. The van der Waals surface area contributed by atoms with Gasteiger partial charge in [0.2, 0.25) is 5.95 Å². The molecule has 8 heteroatoms. The Morgan fingerprint density at radius 1 is 1.44 bits per heavy atom. The first-order valence-corrected chi connectivity index (χ1v) is 6.15. The van der Waals surface area contributed by atoms with Crippen LogP contribution in [0.4, 0.5) is 19.1 Å². The molecular formula is C10H11F3N4S. The topological polar surface area (TPSA) is 56.7 Å². The fourth-order valence-electron chi connectivity index (χ4n) is 1.63. The first-order valence-electron chi connectivity index (χ1n) is 5.16. The first kappa shape index (κ1) is 13.0. The highest BCUT2D eigenvalue weighted by atomic mass is 32.2. The summed E-state index contributed by atoms with van der Waals surface area (Å²) in [6.07, 6.45) is 1.59. The number of hydrogen-bond donors (Lipinski definition) is 1. The molecule has 0 radical (unpaired) electrons. The molecule has 0 fully saturated rings. The van der Waals surface area contributed by atoms with Gasteiger partial charge in [0.1, 0.15) is 5.52 Å². The van der Waals surface area contributed by atoms with E-state index in [-0.39, 0.29) is 30.0 Å². The van der Waals surface area contributed by atoms with Crippen molar-refractivity contribution in [1.29, 1.82) is 0 Å². The molecule has 0 aliphatic rings. The van der Waals surface area contributed by atoms with E-state index in [4.69, 9.17) is 5.73 Å². The molecular weight excluding hydrogens is 265 g/mol. The third-order valence-corrected chi connectivity index (χ3v) is 3.16. The maximum absolute atomic E-state index is 12.1. The van der Waals surface area contributed by atoms with Crippen molar-refractivity contribution in [3.05, 3.63) is 17.8 Å². The second-order valence-electron chi connectivity index (χ2n) is 3.72. The minimum Gasteiger partial charge on any atom is -0.369 e. The largest absolute Gasteiger partial charge is 0.441 e. The van der Waals surface area contributed by atoms with Crippen LogP contribution in [0.3, 0.4) is 0 Å². The molecule has 2 rings (SSSR count). The number of rotatable bonds is 3. The van der Waals surface area contributed by atoms with Crippen molar-refractivity contribution in [3.8, 4) is 0 Å². The van der Waals surface area contributed by atoms with E-state index >= 15 is 0 Å². The van der Waals surface area contributed by atoms with Crippen molar-refractivity contribution in [3.63, 3.8) is 0 Å². The number of nitrogens with two attached hydrogens (primary N) is 1. The molecule has 2 N–H and O–H groups in total. The molecule has 0 spiro atoms. The third kappa shape index (κ3) is 2.69. The van der Waals surface area contributed by atoms with Gasteiger partial charge in [-0.3, -0.25) is 4.57 Å². The van der Waals surface area contributed by atoms with Crippen molar-refractivity contribution in [2.45, 2.75) is 19.0 Å². The summed E-state index contributed by atoms with van der Waals surface area (Å²) in [7, 11) is 0. The van der Waals surface area contributed by atoms with Gasteiger partial charge in [-0.05, 0) is 30.3 Å². The smallest absolute Gasteiger partial charge is 0.369 e. The highest BCUT2D eigenvalue weighted by Crippen LogP contribution is 2.30. The van der Waals surface area contributed by atoms with Gasteiger partial charge in [0, 0.05) is 18.5 Å². The van der Waals surface area contributed by atoms with Crippen LogP contribution < -0.4 is 5.73 Å². The number of aromatic nitrogens is 3. The lowest BCUT2D eigenvalue weighted by atomic mass is 10.3. The molecule has 0 saturated heterocycles.